The lowest BCUT2D eigenvalue weighted by Crippen LogP contribution is -2.10. The number of nitro benzene ring substituents is 1. The number of rotatable bonds is 4. The van der Waals surface area contributed by atoms with Crippen LogP contribution >= 0.6 is 0 Å². The molecule has 0 bridgehead atoms. The van der Waals surface area contributed by atoms with Crippen molar-refractivity contribution in [3.05, 3.63) is 119 Å². The minimum Gasteiger partial charge on any atom is -0.310 e. The number of anilines is 3. The van der Waals surface area contributed by atoms with Crippen molar-refractivity contribution < 1.29 is 4.92 Å². The van der Waals surface area contributed by atoms with Crippen LogP contribution in [-0.2, 0) is 0 Å². The summed E-state index contributed by atoms with van der Waals surface area (Å²) in [6, 6.07) is 34.5. The molecule has 0 fully saturated rings. The molecule has 0 radical (unpaired) electrons. The van der Waals surface area contributed by atoms with E-state index in [4.69, 9.17) is 0 Å². The maximum absolute atomic E-state index is 11.2. The Hall–Kier alpha value is -4.44. The Morgan fingerprint density at radius 2 is 1.18 bits per heavy atom. The molecule has 4 heteroatoms. The molecular weight excluding hydrogens is 408 g/mol. The number of aryl methyl sites for hydroxylation is 1. The fraction of sp³-hybridized carbons (Fsp3) is 0.0345. The van der Waals surface area contributed by atoms with Gasteiger partial charge in [-0.2, -0.15) is 0 Å². The van der Waals surface area contributed by atoms with Gasteiger partial charge in [0.2, 0.25) is 0 Å². The van der Waals surface area contributed by atoms with Crippen LogP contribution in [0.2, 0.25) is 0 Å². The minimum absolute atomic E-state index is 0.0815. The van der Waals surface area contributed by atoms with Gasteiger partial charge in [0.25, 0.3) is 5.69 Å². The first-order valence-electron chi connectivity index (χ1n) is 10.9. The number of nitrogens with zero attached hydrogens (tertiary/aromatic N) is 2. The van der Waals surface area contributed by atoms with E-state index >= 15 is 0 Å². The highest BCUT2D eigenvalue weighted by molar-refractivity contribution is 6.25. The Morgan fingerprint density at radius 1 is 0.636 bits per heavy atom. The predicted molar refractivity (Wildman–Crippen MR) is 136 cm³/mol. The monoisotopic (exact) mass is 428 g/mol. The van der Waals surface area contributed by atoms with Crippen LogP contribution in [0.1, 0.15) is 5.56 Å². The zero-order chi connectivity index (χ0) is 22.5. The summed E-state index contributed by atoms with van der Waals surface area (Å²) in [4.78, 5) is 13.0. The van der Waals surface area contributed by atoms with Gasteiger partial charge < -0.3 is 4.90 Å². The molecule has 0 aliphatic heterocycles. The van der Waals surface area contributed by atoms with Crippen molar-refractivity contribution in [3.8, 4) is 0 Å². The van der Waals surface area contributed by atoms with E-state index in [1.165, 1.54) is 32.5 Å². The third kappa shape index (κ3) is 3.07. The van der Waals surface area contributed by atoms with Crippen molar-refractivity contribution >= 4 is 55.1 Å². The summed E-state index contributed by atoms with van der Waals surface area (Å²) < 4.78 is 0. The highest BCUT2D eigenvalue weighted by atomic mass is 16.6. The number of hydrogen-bond acceptors (Lipinski definition) is 3. The molecule has 6 aromatic rings. The molecule has 0 aromatic heterocycles. The van der Waals surface area contributed by atoms with E-state index in [9.17, 15) is 10.1 Å². The molecule has 6 rings (SSSR count). The number of hydrogen-bond donors (Lipinski definition) is 0. The molecule has 0 amide bonds. The van der Waals surface area contributed by atoms with Gasteiger partial charge in [0.15, 0.2) is 0 Å². The molecule has 0 saturated carbocycles. The summed E-state index contributed by atoms with van der Waals surface area (Å²) in [5.74, 6) is 0. The summed E-state index contributed by atoms with van der Waals surface area (Å²) in [5.41, 5.74) is 4.18. The van der Waals surface area contributed by atoms with Gasteiger partial charge >= 0.3 is 0 Å². The van der Waals surface area contributed by atoms with Gasteiger partial charge in [0.05, 0.1) is 10.6 Å². The van der Waals surface area contributed by atoms with Gasteiger partial charge in [0.1, 0.15) is 0 Å². The topological polar surface area (TPSA) is 46.4 Å². The van der Waals surface area contributed by atoms with Gasteiger partial charge in [-0.1, -0.05) is 66.2 Å². The molecule has 33 heavy (non-hydrogen) atoms. The molecular formula is C29H20N2O2. The van der Waals surface area contributed by atoms with E-state index in [1.807, 2.05) is 12.1 Å². The van der Waals surface area contributed by atoms with Crippen LogP contribution < -0.4 is 4.90 Å². The molecule has 158 valence electrons. The Kier molecular flexibility index (Phi) is 4.27. The third-order valence-electron chi connectivity index (χ3n) is 6.36. The second-order valence-corrected chi connectivity index (χ2v) is 8.39. The summed E-state index contributed by atoms with van der Waals surface area (Å²) in [6.07, 6.45) is 0. The second kappa shape index (κ2) is 7.31. The zero-order valence-corrected chi connectivity index (χ0v) is 18.0. The van der Waals surface area contributed by atoms with Gasteiger partial charge in [-0.25, -0.2) is 0 Å². The van der Waals surface area contributed by atoms with Crippen molar-refractivity contribution in [1.29, 1.82) is 0 Å². The summed E-state index contributed by atoms with van der Waals surface area (Å²) >= 11 is 0. The Morgan fingerprint density at radius 3 is 1.82 bits per heavy atom. The smallest absolute Gasteiger partial charge is 0.269 e. The lowest BCUT2D eigenvalue weighted by molar-refractivity contribution is -0.384. The Labute approximate surface area is 190 Å². The summed E-state index contributed by atoms with van der Waals surface area (Å²) in [7, 11) is 0. The van der Waals surface area contributed by atoms with E-state index in [2.05, 4.69) is 90.7 Å². The maximum Gasteiger partial charge on any atom is 0.269 e. The second-order valence-electron chi connectivity index (χ2n) is 8.39. The fourth-order valence-corrected chi connectivity index (χ4v) is 4.76. The Bertz CT molecular complexity index is 1620. The maximum atomic E-state index is 11.2. The zero-order valence-electron chi connectivity index (χ0n) is 18.0. The summed E-state index contributed by atoms with van der Waals surface area (Å²) in [6.45, 7) is 2.07. The minimum atomic E-state index is -0.365. The normalized spacial score (nSPS) is 11.4. The van der Waals surface area contributed by atoms with Gasteiger partial charge in [-0.05, 0) is 64.2 Å². The van der Waals surface area contributed by atoms with E-state index in [0.717, 1.165) is 22.4 Å². The van der Waals surface area contributed by atoms with E-state index < -0.39 is 0 Å². The molecule has 0 spiro atoms. The largest absolute Gasteiger partial charge is 0.310 e. The highest BCUT2D eigenvalue weighted by Crippen LogP contribution is 2.43. The van der Waals surface area contributed by atoms with Crippen molar-refractivity contribution in [2.45, 2.75) is 6.92 Å². The quantitative estimate of drug-likeness (QED) is 0.161. The first-order valence-corrected chi connectivity index (χ1v) is 10.9. The first kappa shape index (κ1) is 19.3. The van der Waals surface area contributed by atoms with E-state index in [-0.39, 0.29) is 10.6 Å². The average molecular weight is 428 g/mol. The van der Waals surface area contributed by atoms with Gasteiger partial charge in [-0.15, -0.1) is 0 Å². The van der Waals surface area contributed by atoms with Crippen LogP contribution in [-0.4, -0.2) is 4.92 Å². The van der Waals surface area contributed by atoms with Gasteiger partial charge in [-0.3, -0.25) is 10.1 Å². The Balaban J connectivity index is 1.66. The molecule has 0 unspecified atom stereocenters. The fourth-order valence-electron chi connectivity index (χ4n) is 4.76. The van der Waals surface area contributed by atoms with Crippen LogP contribution in [0.25, 0.3) is 32.3 Å². The van der Waals surface area contributed by atoms with Crippen molar-refractivity contribution in [1.82, 2.24) is 0 Å². The lowest BCUT2D eigenvalue weighted by Gasteiger charge is -2.27. The third-order valence-corrected chi connectivity index (χ3v) is 6.36. The number of non-ortho nitro benzene ring substituents is 1. The SMILES string of the molecule is Cc1ccc(N(c2ccc([N+](=O)[O-])cc2)c2ccc3ccc4cccc5ccc2c3c45)cc1. The molecule has 0 atom stereocenters. The molecule has 0 aliphatic rings. The molecule has 0 saturated heterocycles. The van der Waals surface area contributed by atoms with Crippen molar-refractivity contribution in [2.24, 2.45) is 0 Å². The van der Waals surface area contributed by atoms with Gasteiger partial charge in [0, 0.05) is 28.9 Å². The van der Waals surface area contributed by atoms with Crippen LogP contribution in [0.3, 0.4) is 0 Å². The van der Waals surface area contributed by atoms with Crippen LogP contribution in [0.4, 0.5) is 22.7 Å². The van der Waals surface area contributed by atoms with Crippen LogP contribution in [0.15, 0.2) is 103 Å². The van der Waals surface area contributed by atoms with E-state index in [1.54, 1.807) is 12.1 Å². The van der Waals surface area contributed by atoms with E-state index in [0.29, 0.717) is 0 Å². The highest BCUT2D eigenvalue weighted by Gasteiger charge is 2.19. The summed E-state index contributed by atoms with van der Waals surface area (Å²) in [5, 5.41) is 18.5. The lowest BCUT2D eigenvalue weighted by atomic mass is 9.93. The van der Waals surface area contributed by atoms with Crippen LogP contribution in [0.5, 0.6) is 0 Å². The molecule has 0 heterocycles. The number of benzene rings is 6. The number of nitro groups is 1. The molecule has 0 N–H and O–H groups in total. The molecule has 6 aromatic carbocycles. The first-order chi connectivity index (χ1) is 16.1. The average Bonchev–Trinajstić information content (AvgIpc) is 2.85. The standard InChI is InChI=1S/C29H20N2O2/c1-19-5-11-23(12-6-19)30(24-13-15-25(16-14-24)31(32)33)27-18-10-22-8-7-20-3-2-4-21-9-17-26(27)29(22)28(20)21/h2-18H,1H3. The predicted octanol–water partition coefficient (Wildman–Crippen LogP) is 8.27. The van der Waals surface area contributed by atoms with Crippen molar-refractivity contribution in [2.75, 3.05) is 4.90 Å². The molecule has 0 aliphatic carbocycles. The van der Waals surface area contributed by atoms with Crippen molar-refractivity contribution in [3.63, 3.8) is 0 Å². The van der Waals surface area contributed by atoms with Crippen LogP contribution in [0, 0.1) is 17.0 Å². The molecule has 4 nitrogen and oxygen atoms in total.